The number of benzene rings is 1. The van der Waals surface area contributed by atoms with Crippen LogP contribution in [-0.4, -0.2) is 88.0 Å². The smallest absolute Gasteiger partial charge is 0.251 e. The van der Waals surface area contributed by atoms with E-state index in [0.29, 0.717) is 13.2 Å². The van der Waals surface area contributed by atoms with Gasteiger partial charge < -0.3 is 20.3 Å². The third kappa shape index (κ3) is 6.06. The molecule has 0 spiro atoms. The van der Waals surface area contributed by atoms with Crippen molar-refractivity contribution in [3.05, 3.63) is 29.8 Å². The lowest BCUT2D eigenvalue weighted by molar-refractivity contribution is -0.125. The summed E-state index contributed by atoms with van der Waals surface area (Å²) in [5, 5.41) is 5.86. The normalized spacial score (nSPS) is 20.1. The molecule has 2 aliphatic heterocycles. The predicted molar refractivity (Wildman–Crippen MR) is 121 cm³/mol. The minimum Gasteiger partial charge on any atom is -0.379 e. The molecule has 1 atom stereocenters. The molecule has 10 heteroatoms. The monoisotopic (exact) mass is 466 g/mol. The van der Waals surface area contributed by atoms with Gasteiger partial charge in [0, 0.05) is 24.7 Å². The summed E-state index contributed by atoms with van der Waals surface area (Å²) in [6.45, 7) is 6.86. The zero-order valence-corrected chi connectivity index (χ0v) is 19.9. The summed E-state index contributed by atoms with van der Waals surface area (Å²) in [5.41, 5.74) is 0.206. The first-order chi connectivity index (χ1) is 15.2. The van der Waals surface area contributed by atoms with E-state index in [2.05, 4.69) is 22.6 Å². The Bertz CT molecular complexity index is 907. The van der Waals surface area contributed by atoms with Crippen LogP contribution in [-0.2, 0) is 19.6 Å². The molecule has 2 fully saturated rings. The highest BCUT2D eigenvalue weighted by molar-refractivity contribution is 7.89. The van der Waals surface area contributed by atoms with Gasteiger partial charge in [-0.3, -0.25) is 9.59 Å². The van der Waals surface area contributed by atoms with Gasteiger partial charge in [0.1, 0.15) is 6.04 Å². The van der Waals surface area contributed by atoms with Gasteiger partial charge in [0.15, 0.2) is 0 Å². The Balaban J connectivity index is 1.69. The first-order valence-corrected chi connectivity index (χ1v) is 12.6. The number of nitrogens with zero attached hydrogens (tertiary/aromatic N) is 2. The quantitative estimate of drug-likeness (QED) is 0.612. The molecule has 3 rings (SSSR count). The average molecular weight is 467 g/mol. The lowest BCUT2D eigenvalue weighted by Gasteiger charge is -2.31. The molecule has 2 heterocycles. The minimum absolute atomic E-state index is 0.0592. The number of carbonyl (C=O) groups excluding carboxylic acids is 2. The van der Waals surface area contributed by atoms with Crippen LogP contribution in [0.1, 0.15) is 37.0 Å². The standard InChI is InChI=1S/C22H34N4O5S/c1-16(2)20(22(28)23-18-7-9-25(3)10-8-18)24-21(27)17-5-4-6-19(15-17)32(29,30)26-11-13-31-14-12-26/h4-6,15-16,18,20H,7-14H2,1-3H3,(H,23,28)(H,24,27). The first kappa shape index (κ1) is 24.6. The summed E-state index contributed by atoms with van der Waals surface area (Å²) in [4.78, 5) is 28.1. The summed E-state index contributed by atoms with van der Waals surface area (Å²) in [6, 6.07) is 5.34. The van der Waals surface area contributed by atoms with Gasteiger partial charge in [0.2, 0.25) is 15.9 Å². The van der Waals surface area contributed by atoms with E-state index in [-0.39, 0.29) is 41.4 Å². The highest BCUT2D eigenvalue weighted by atomic mass is 32.2. The van der Waals surface area contributed by atoms with Crippen molar-refractivity contribution >= 4 is 21.8 Å². The fraction of sp³-hybridized carbons (Fsp3) is 0.636. The molecule has 1 unspecified atom stereocenters. The highest BCUT2D eigenvalue weighted by Gasteiger charge is 2.29. The van der Waals surface area contributed by atoms with Crippen LogP contribution in [0, 0.1) is 5.92 Å². The number of piperidine rings is 1. The minimum atomic E-state index is -3.71. The summed E-state index contributed by atoms with van der Waals surface area (Å²) < 4.78 is 32.4. The molecular formula is C22H34N4O5S. The fourth-order valence-electron chi connectivity index (χ4n) is 3.94. The molecule has 178 valence electrons. The van der Waals surface area contributed by atoms with Crippen LogP contribution in [0.4, 0.5) is 0 Å². The summed E-state index contributed by atoms with van der Waals surface area (Å²) in [7, 11) is -1.65. The molecule has 0 aliphatic carbocycles. The fourth-order valence-corrected chi connectivity index (χ4v) is 5.39. The second-order valence-electron chi connectivity index (χ2n) is 8.83. The highest BCUT2D eigenvalue weighted by Crippen LogP contribution is 2.19. The molecule has 2 saturated heterocycles. The van der Waals surface area contributed by atoms with Crippen molar-refractivity contribution in [2.45, 2.75) is 43.7 Å². The third-order valence-corrected chi connectivity index (χ3v) is 7.90. The van der Waals surface area contributed by atoms with Gasteiger partial charge in [-0.25, -0.2) is 8.42 Å². The largest absolute Gasteiger partial charge is 0.379 e. The molecule has 0 radical (unpaired) electrons. The van der Waals surface area contributed by atoms with E-state index in [1.54, 1.807) is 12.1 Å². The van der Waals surface area contributed by atoms with Crippen molar-refractivity contribution in [2.24, 2.45) is 5.92 Å². The van der Waals surface area contributed by atoms with Gasteiger partial charge in [0.25, 0.3) is 5.91 Å². The lowest BCUT2D eigenvalue weighted by Crippen LogP contribution is -2.53. The molecule has 0 bridgehead atoms. The van der Waals surface area contributed by atoms with Gasteiger partial charge >= 0.3 is 0 Å². The maximum absolute atomic E-state index is 12.9. The lowest BCUT2D eigenvalue weighted by atomic mass is 10.0. The topological polar surface area (TPSA) is 108 Å². The predicted octanol–water partition coefficient (Wildman–Crippen LogP) is 0.672. The van der Waals surface area contributed by atoms with Crippen LogP contribution in [0.5, 0.6) is 0 Å². The number of morpholine rings is 1. The molecule has 2 amide bonds. The van der Waals surface area contributed by atoms with E-state index in [1.165, 1.54) is 16.4 Å². The Morgan fingerprint density at radius 1 is 1.09 bits per heavy atom. The summed E-state index contributed by atoms with van der Waals surface area (Å²) in [6.07, 6.45) is 1.75. The van der Waals surface area contributed by atoms with E-state index in [4.69, 9.17) is 4.74 Å². The van der Waals surface area contributed by atoms with Gasteiger partial charge in [-0.1, -0.05) is 19.9 Å². The van der Waals surface area contributed by atoms with Crippen LogP contribution in [0.25, 0.3) is 0 Å². The molecule has 2 N–H and O–H groups in total. The SMILES string of the molecule is CC(C)C(NC(=O)c1cccc(S(=O)(=O)N2CCOCC2)c1)C(=O)NC1CCN(C)CC1. The average Bonchev–Trinajstić information content (AvgIpc) is 2.79. The van der Waals surface area contributed by atoms with Gasteiger partial charge in [-0.05, 0) is 57.1 Å². The van der Waals surface area contributed by atoms with E-state index < -0.39 is 22.0 Å². The summed E-state index contributed by atoms with van der Waals surface area (Å²) in [5.74, 6) is -0.799. The van der Waals surface area contributed by atoms with Crippen LogP contribution in [0.2, 0.25) is 0 Å². The van der Waals surface area contributed by atoms with Crippen molar-refractivity contribution in [1.29, 1.82) is 0 Å². The number of ether oxygens (including phenoxy) is 1. The zero-order chi connectivity index (χ0) is 23.3. The number of rotatable bonds is 7. The molecule has 32 heavy (non-hydrogen) atoms. The summed E-state index contributed by atoms with van der Waals surface area (Å²) >= 11 is 0. The number of carbonyl (C=O) groups is 2. The maximum Gasteiger partial charge on any atom is 0.251 e. The second-order valence-corrected chi connectivity index (χ2v) is 10.8. The van der Waals surface area contributed by atoms with Crippen molar-refractivity contribution in [1.82, 2.24) is 19.8 Å². The molecule has 2 aliphatic rings. The molecule has 0 saturated carbocycles. The van der Waals surface area contributed by atoms with E-state index in [9.17, 15) is 18.0 Å². The van der Waals surface area contributed by atoms with Crippen LogP contribution in [0.15, 0.2) is 29.2 Å². The Labute approximate surface area is 190 Å². The van der Waals surface area contributed by atoms with E-state index >= 15 is 0 Å². The van der Waals surface area contributed by atoms with Crippen LogP contribution in [0.3, 0.4) is 0 Å². The Hall–Kier alpha value is -2.01. The number of likely N-dealkylation sites (tertiary alicyclic amines) is 1. The number of hydrogen-bond acceptors (Lipinski definition) is 6. The molecule has 0 aromatic heterocycles. The van der Waals surface area contributed by atoms with Gasteiger partial charge in [0.05, 0.1) is 18.1 Å². The van der Waals surface area contributed by atoms with Crippen molar-refractivity contribution in [3.8, 4) is 0 Å². The van der Waals surface area contributed by atoms with E-state index in [0.717, 1.165) is 25.9 Å². The van der Waals surface area contributed by atoms with Gasteiger partial charge in [-0.15, -0.1) is 0 Å². The Morgan fingerprint density at radius 3 is 2.38 bits per heavy atom. The molecular weight excluding hydrogens is 432 g/mol. The van der Waals surface area contributed by atoms with Crippen LogP contribution >= 0.6 is 0 Å². The number of nitrogens with one attached hydrogen (secondary N) is 2. The molecule has 1 aromatic carbocycles. The van der Waals surface area contributed by atoms with Crippen LogP contribution < -0.4 is 10.6 Å². The van der Waals surface area contributed by atoms with Crippen molar-refractivity contribution < 1.29 is 22.7 Å². The first-order valence-electron chi connectivity index (χ1n) is 11.2. The third-order valence-electron chi connectivity index (χ3n) is 6.00. The number of hydrogen-bond donors (Lipinski definition) is 2. The Kier molecular flexibility index (Phi) is 8.26. The van der Waals surface area contributed by atoms with Crippen molar-refractivity contribution in [3.63, 3.8) is 0 Å². The maximum atomic E-state index is 12.9. The zero-order valence-electron chi connectivity index (χ0n) is 19.0. The van der Waals surface area contributed by atoms with E-state index in [1.807, 2.05) is 13.8 Å². The molecule has 9 nitrogen and oxygen atoms in total. The Morgan fingerprint density at radius 2 is 1.75 bits per heavy atom. The number of sulfonamides is 1. The number of amides is 2. The molecule has 1 aromatic rings. The van der Waals surface area contributed by atoms with Gasteiger partial charge in [-0.2, -0.15) is 4.31 Å². The second kappa shape index (κ2) is 10.7. The van der Waals surface area contributed by atoms with Crippen molar-refractivity contribution in [2.75, 3.05) is 46.4 Å².